The summed E-state index contributed by atoms with van der Waals surface area (Å²) in [5.41, 5.74) is 0. The van der Waals surface area contributed by atoms with Gasteiger partial charge >= 0.3 is 5.97 Å². The average molecular weight is 1120 g/mol. The van der Waals surface area contributed by atoms with Crippen molar-refractivity contribution in [1.82, 2.24) is 5.32 Å². The van der Waals surface area contributed by atoms with Crippen LogP contribution >= 0.6 is 0 Å². The number of rotatable bonds is 54. The number of aliphatic hydroxyl groups excluding tert-OH is 5. The Balaban J connectivity index is 2.65. The highest BCUT2D eigenvalue weighted by Crippen LogP contribution is 2.26. The van der Waals surface area contributed by atoms with E-state index in [1.54, 1.807) is 6.08 Å². The van der Waals surface area contributed by atoms with E-state index < -0.39 is 67.4 Å². The standard InChI is InChI=1S/C69H119NO10/c1-4-7-10-13-16-19-22-25-27-28-29-30-31-32-33-34-35-36-38-41-44-47-50-53-56-62(73)68(77)70-60(61(72)55-52-49-46-43-40-37-24-21-18-15-12-9-6-3)59-78-69-67(66(76)65(75)63(58-71)79-69)80-64(74)57-54-51-48-45-42-39-26-23-20-17-14-11-8-5-2/h7-8,10-11,16-17,19-20,25,27,29-30,32-33,52,55,60-63,65-67,69,71-73,75-76H,4-6,9,12-15,18,21-24,26,28,31,34-51,53-54,56-59H2,1-3H3,(H,70,77)/b10-7-,11-8+,19-16-,20-17+,27-25-,30-29-,33-32-,55-52+. The Morgan fingerprint density at radius 3 is 1.35 bits per heavy atom. The summed E-state index contributed by atoms with van der Waals surface area (Å²) in [5.74, 6) is -1.21. The van der Waals surface area contributed by atoms with Gasteiger partial charge in [-0.1, -0.05) is 259 Å². The van der Waals surface area contributed by atoms with Crippen LogP contribution in [0.15, 0.2) is 97.2 Å². The van der Waals surface area contributed by atoms with Crippen molar-refractivity contribution in [1.29, 1.82) is 0 Å². The summed E-state index contributed by atoms with van der Waals surface area (Å²) in [6, 6.07) is -1.03. The molecule has 1 saturated heterocycles. The quantitative estimate of drug-likeness (QED) is 0.0195. The highest BCUT2D eigenvalue weighted by atomic mass is 16.7. The predicted molar refractivity (Wildman–Crippen MR) is 333 cm³/mol. The molecule has 0 aromatic heterocycles. The van der Waals surface area contributed by atoms with Crippen molar-refractivity contribution in [3.8, 4) is 0 Å². The molecule has 1 aliphatic heterocycles. The number of allylic oxidation sites excluding steroid dienone is 15. The number of aliphatic hydroxyl groups is 5. The maximum atomic E-state index is 13.5. The van der Waals surface area contributed by atoms with Crippen molar-refractivity contribution < 1.29 is 49.3 Å². The molecule has 8 atom stereocenters. The number of ether oxygens (including phenoxy) is 3. The molecule has 0 aromatic rings. The van der Waals surface area contributed by atoms with Crippen molar-refractivity contribution in [2.75, 3.05) is 13.2 Å². The normalized spacial score (nSPS) is 19.4. The molecule has 1 amide bonds. The maximum absolute atomic E-state index is 13.5. The van der Waals surface area contributed by atoms with Crippen LogP contribution in [0.2, 0.25) is 0 Å². The zero-order valence-electron chi connectivity index (χ0n) is 50.9. The highest BCUT2D eigenvalue weighted by molar-refractivity contribution is 5.80. The lowest BCUT2D eigenvalue weighted by atomic mass is 9.99. The van der Waals surface area contributed by atoms with Crippen molar-refractivity contribution in [3.63, 3.8) is 0 Å². The summed E-state index contributed by atoms with van der Waals surface area (Å²) in [6.07, 6.45) is 64.4. The van der Waals surface area contributed by atoms with E-state index in [0.29, 0.717) is 12.8 Å². The second-order valence-corrected chi connectivity index (χ2v) is 22.1. The van der Waals surface area contributed by atoms with E-state index in [0.717, 1.165) is 135 Å². The number of unbranched alkanes of at least 4 members (excludes halogenated alkanes) is 26. The van der Waals surface area contributed by atoms with Crippen molar-refractivity contribution in [2.45, 2.75) is 314 Å². The first kappa shape index (κ1) is 74.6. The second kappa shape index (κ2) is 56.1. The van der Waals surface area contributed by atoms with Crippen molar-refractivity contribution >= 4 is 11.9 Å². The van der Waals surface area contributed by atoms with Crippen LogP contribution in [0.3, 0.4) is 0 Å². The van der Waals surface area contributed by atoms with Gasteiger partial charge in [-0.15, -0.1) is 0 Å². The molecule has 0 spiro atoms. The Hall–Kier alpha value is -3.42. The first-order valence-electron chi connectivity index (χ1n) is 32.5. The number of esters is 1. The minimum atomic E-state index is -1.62. The van der Waals surface area contributed by atoms with Crippen LogP contribution in [0.1, 0.15) is 265 Å². The molecule has 0 radical (unpaired) electrons. The van der Waals surface area contributed by atoms with E-state index in [9.17, 15) is 35.1 Å². The molecular weight excluding hydrogens is 1000 g/mol. The molecule has 1 heterocycles. The lowest BCUT2D eigenvalue weighted by molar-refractivity contribution is -0.305. The molecular formula is C69H119NO10. The number of amides is 1. The Morgan fingerprint density at radius 2 is 0.900 bits per heavy atom. The molecule has 11 nitrogen and oxygen atoms in total. The Labute approximate surface area is 488 Å². The minimum Gasteiger partial charge on any atom is -0.454 e. The fourth-order valence-electron chi connectivity index (χ4n) is 9.66. The third-order valence-electron chi connectivity index (χ3n) is 14.7. The molecule has 11 heteroatoms. The summed E-state index contributed by atoms with van der Waals surface area (Å²) in [5, 5.41) is 57.1. The van der Waals surface area contributed by atoms with Crippen LogP contribution in [0.5, 0.6) is 0 Å². The summed E-state index contributed by atoms with van der Waals surface area (Å²) in [4.78, 5) is 26.6. The van der Waals surface area contributed by atoms with E-state index in [1.807, 2.05) is 6.08 Å². The number of hydrogen-bond acceptors (Lipinski definition) is 10. The predicted octanol–water partition coefficient (Wildman–Crippen LogP) is 15.9. The summed E-state index contributed by atoms with van der Waals surface area (Å²) in [6.45, 7) is 5.57. The number of carbonyl (C=O) groups is 2. The summed E-state index contributed by atoms with van der Waals surface area (Å²) >= 11 is 0. The van der Waals surface area contributed by atoms with Crippen LogP contribution in [-0.4, -0.2) is 99.6 Å². The summed E-state index contributed by atoms with van der Waals surface area (Å²) in [7, 11) is 0. The molecule has 1 rings (SSSR count). The monoisotopic (exact) mass is 1120 g/mol. The van der Waals surface area contributed by atoms with Crippen LogP contribution in [-0.2, 0) is 23.8 Å². The van der Waals surface area contributed by atoms with Gasteiger partial charge in [0.05, 0.1) is 25.4 Å². The van der Waals surface area contributed by atoms with Gasteiger partial charge in [-0.05, 0) is 96.3 Å². The summed E-state index contributed by atoms with van der Waals surface area (Å²) < 4.78 is 17.6. The van der Waals surface area contributed by atoms with Gasteiger partial charge in [-0.25, -0.2) is 0 Å². The van der Waals surface area contributed by atoms with Gasteiger partial charge in [-0.2, -0.15) is 0 Å². The van der Waals surface area contributed by atoms with E-state index in [4.69, 9.17) is 14.2 Å². The van der Waals surface area contributed by atoms with Crippen molar-refractivity contribution in [2.24, 2.45) is 0 Å². The highest BCUT2D eigenvalue weighted by Gasteiger charge is 2.47. The molecule has 0 saturated carbocycles. The molecule has 1 aliphatic rings. The Morgan fingerprint density at radius 1 is 0.500 bits per heavy atom. The van der Waals surface area contributed by atoms with Gasteiger partial charge in [0.1, 0.15) is 24.4 Å². The second-order valence-electron chi connectivity index (χ2n) is 22.1. The Bertz CT molecular complexity index is 1670. The van der Waals surface area contributed by atoms with Gasteiger partial charge in [-0.3, -0.25) is 9.59 Å². The third-order valence-corrected chi connectivity index (χ3v) is 14.7. The fraction of sp³-hybridized carbons (Fsp3) is 0.739. The molecule has 0 aliphatic carbocycles. The van der Waals surface area contributed by atoms with Crippen LogP contribution in [0, 0.1) is 0 Å². The van der Waals surface area contributed by atoms with Gasteiger partial charge in [0, 0.05) is 6.42 Å². The fourth-order valence-corrected chi connectivity index (χ4v) is 9.66. The molecule has 8 unspecified atom stereocenters. The van der Waals surface area contributed by atoms with Gasteiger partial charge in [0.25, 0.3) is 0 Å². The van der Waals surface area contributed by atoms with E-state index >= 15 is 0 Å². The minimum absolute atomic E-state index is 0.110. The lowest BCUT2D eigenvalue weighted by Gasteiger charge is -2.41. The zero-order valence-corrected chi connectivity index (χ0v) is 50.9. The Kier molecular flexibility index (Phi) is 52.3. The molecule has 0 aromatic carbocycles. The smallest absolute Gasteiger partial charge is 0.306 e. The molecule has 0 bridgehead atoms. The lowest BCUT2D eigenvalue weighted by Crippen LogP contribution is -2.61. The molecule has 1 fully saturated rings. The number of hydrogen-bond donors (Lipinski definition) is 6. The zero-order chi connectivity index (χ0) is 58.2. The van der Waals surface area contributed by atoms with Crippen LogP contribution < -0.4 is 5.32 Å². The average Bonchev–Trinajstić information content (AvgIpc) is 3.51. The molecule has 460 valence electrons. The maximum Gasteiger partial charge on any atom is 0.306 e. The van der Waals surface area contributed by atoms with Crippen molar-refractivity contribution in [3.05, 3.63) is 97.2 Å². The first-order valence-corrected chi connectivity index (χ1v) is 32.5. The number of carbonyl (C=O) groups excluding carboxylic acids is 2. The first-order chi connectivity index (χ1) is 39.2. The largest absolute Gasteiger partial charge is 0.454 e. The SMILES string of the molecule is CC/C=C\C/C=C\C/C=C\C/C=C\C/C=C\CCCCCCCCCCC(O)C(=O)NC(COC1OC(CO)C(O)C(O)C1OC(=O)CCCCCCCCC/C=C/C/C=C/CC)C(O)/C=C/CCCCCCCCCCCCC. The van der Waals surface area contributed by atoms with Crippen LogP contribution in [0.25, 0.3) is 0 Å². The van der Waals surface area contributed by atoms with Gasteiger partial charge < -0.3 is 45.1 Å². The molecule has 80 heavy (non-hydrogen) atoms. The molecule has 6 N–H and O–H groups in total. The van der Waals surface area contributed by atoms with Gasteiger partial charge in [0.15, 0.2) is 12.4 Å². The van der Waals surface area contributed by atoms with E-state index in [-0.39, 0.29) is 19.4 Å². The van der Waals surface area contributed by atoms with Crippen LogP contribution in [0.4, 0.5) is 0 Å². The van der Waals surface area contributed by atoms with E-state index in [2.05, 4.69) is 111 Å². The number of nitrogens with one attached hydrogen (secondary N) is 1. The topological polar surface area (TPSA) is 175 Å². The van der Waals surface area contributed by atoms with Gasteiger partial charge in [0.2, 0.25) is 5.91 Å². The van der Waals surface area contributed by atoms with E-state index in [1.165, 1.54) is 83.5 Å². The third kappa shape index (κ3) is 43.3.